The summed E-state index contributed by atoms with van der Waals surface area (Å²) in [7, 11) is 0. The first kappa shape index (κ1) is 15.4. The normalized spacial score (nSPS) is 18.2. The Morgan fingerprint density at radius 2 is 1.76 bits per heavy atom. The van der Waals surface area contributed by atoms with Gasteiger partial charge in [0.15, 0.2) is 0 Å². The quantitative estimate of drug-likeness (QED) is 0.737. The molecule has 2 rings (SSSR count). The summed E-state index contributed by atoms with van der Waals surface area (Å²) < 4.78 is 5.46. The molecule has 1 unspecified atom stereocenters. The van der Waals surface area contributed by atoms with Gasteiger partial charge in [-0.2, -0.15) is 0 Å². The van der Waals surface area contributed by atoms with E-state index in [9.17, 15) is 9.59 Å². The third-order valence-electron chi connectivity index (χ3n) is 3.27. The number of fused-ring (bicyclic) bond motifs is 1. The summed E-state index contributed by atoms with van der Waals surface area (Å²) in [4.78, 5) is 27.6. The smallest absolute Gasteiger partial charge is 0.414 e. The fourth-order valence-corrected chi connectivity index (χ4v) is 2.55. The van der Waals surface area contributed by atoms with Crippen LogP contribution < -0.4 is 9.80 Å². The van der Waals surface area contributed by atoms with Gasteiger partial charge in [-0.05, 0) is 39.8 Å². The molecule has 1 heterocycles. The zero-order valence-electron chi connectivity index (χ0n) is 13.2. The van der Waals surface area contributed by atoms with Crippen LogP contribution in [-0.2, 0) is 9.53 Å². The van der Waals surface area contributed by atoms with Crippen molar-refractivity contribution in [2.45, 2.75) is 46.3 Å². The van der Waals surface area contributed by atoms with Crippen LogP contribution in [0.5, 0.6) is 0 Å². The van der Waals surface area contributed by atoms with Gasteiger partial charge in [-0.3, -0.25) is 9.69 Å². The fraction of sp³-hybridized carbons (Fsp3) is 0.500. The summed E-state index contributed by atoms with van der Waals surface area (Å²) in [5.74, 6) is -0.0289. The Labute approximate surface area is 125 Å². The van der Waals surface area contributed by atoms with Crippen molar-refractivity contribution >= 4 is 23.4 Å². The van der Waals surface area contributed by atoms with Gasteiger partial charge < -0.3 is 9.64 Å². The number of carbonyl (C=O) groups is 2. The minimum Gasteiger partial charge on any atom is -0.443 e. The van der Waals surface area contributed by atoms with Crippen LogP contribution in [0.1, 0.15) is 34.6 Å². The largest absolute Gasteiger partial charge is 0.443 e. The van der Waals surface area contributed by atoms with E-state index < -0.39 is 5.60 Å². The summed E-state index contributed by atoms with van der Waals surface area (Å²) in [5, 5.41) is 0. The molecule has 1 aliphatic heterocycles. The summed E-state index contributed by atoms with van der Waals surface area (Å²) in [6.07, 6.45) is -0.384. The number of benzene rings is 1. The molecule has 0 aliphatic carbocycles. The Kier molecular flexibility index (Phi) is 3.94. The van der Waals surface area contributed by atoms with E-state index in [4.69, 9.17) is 4.74 Å². The molecular weight excluding hydrogens is 268 g/mol. The molecule has 5 nitrogen and oxygen atoms in total. The van der Waals surface area contributed by atoms with E-state index in [1.54, 1.807) is 9.80 Å². The summed E-state index contributed by atoms with van der Waals surface area (Å²) in [5.41, 5.74) is 0.905. The minimum absolute atomic E-state index is 0.0289. The Morgan fingerprint density at radius 3 is 2.29 bits per heavy atom. The SMILES string of the molecule is CC(=O)N1c2ccccc2N(C(=O)OC(C)(C)C)CC1C. The van der Waals surface area contributed by atoms with Crippen molar-refractivity contribution < 1.29 is 14.3 Å². The first-order valence-electron chi connectivity index (χ1n) is 7.10. The number of nitrogens with zero attached hydrogens (tertiary/aromatic N) is 2. The van der Waals surface area contributed by atoms with Gasteiger partial charge in [-0.25, -0.2) is 4.79 Å². The summed E-state index contributed by atoms with van der Waals surface area (Å²) >= 11 is 0. The molecule has 1 aromatic carbocycles. The predicted octanol–water partition coefficient (Wildman–Crippen LogP) is 3.18. The predicted molar refractivity (Wildman–Crippen MR) is 82.6 cm³/mol. The van der Waals surface area contributed by atoms with Crippen molar-refractivity contribution in [1.29, 1.82) is 0 Å². The van der Waals surface area contributed by atoms with Crippen LogP contribution in [0.2, 0.25) is 0 Å². The van der Waals surface area contributed by atoms with Gasteiger partial charge in [-0.1, -0.05) is 12.1 Å². The monoisotopic (exact) mass is 290 g/mol. The highest BCUT2D eigenvalue weighted by molar-refractivity contribution is 6.02. The molecular formula is C16H22N2O3. The Morgan fingerprint density at radius 1 is 1.19 bits per heavy atom. The maximum Gasteiger partial charge on any atom is 0.414 e. The van der Waals surface area contributed by atoms with E-state index in [-0.39, 0.29) is 18.0 Å². The second kappa shape index (κ2) is 5.39. The van der Waals surface area contributed by atoms with Gasteiger partial charge in [0.05, 0.1) is 17.4 Å². The van der Waals surface area contributed by atoms with Crippen molar-refractivity contribution in [2.75, 3.05) is 16.3 Å². The lowest BCUT2D eigenvalue weighted by molar-refractivity contribution is -0.117. The second-order valence-electron chi connectivity index (χ2n) is 6.32. The number of carbonyl (C=O) groups excluding carboxylic acids is 2. The van der Waals surface area contributed by atoms with E-state index in [1.165, 1.54) is 6.92 Å². The molecule has 0 bridgehead atoms. The van der Waals surface area contributed by atoms with Crippen molar-refractivity contribution in [2.24, 2.45) is 0 Å². The molecule has 114 valence electrons. The van der Waals surface area contributed by atoms with Gasteiger partial charge in [0.2, 0.25) is 5.91 Å². The van der Waals surface area contributed by atoms with Crippen molar-refractivity contribution in [3.8, 4) is 0 Å². The van der Waals surface area contributed by atoms with Gasteiger partial charge >= 0.3 is 6.09 Å². The highest BCUT2D eigenvalue weighted by Gasteiger charge is 2.35. The number of para-hydroxylation sites is 2. The van der Waals surface area contributed by atoms with E-state index >= 15 is 0 Å². The van der Waals surface area contributed by atoms with Crippen LogP contribution in [-0.4, -0.2) is 30.2 Å². The number of rotatable bonds is 0. The van der Waals surface area contributed by atoms with Gasteiger partial charge in [-0.15, -0.1) is 0 Å². The molecule has 0 spiro atoms. The molecule has 2 amide bonds. The maximum atomic E-state index is 12.4. The lowest BCUT2D eigenvalue weighted by atomic mass is 10.1. The van der Waals surface area contributed by atoms with E-state index in [2.05, 4.69) is 0 Å². The summed E-state index contributed by atoms with van der Waals surface area (Å²) in [6, 6.07) is 7.31. The van der Waals surface area contributed by atoms with Crippen molar-refractivity contribution in [3.63, 3.8) is 0 Å². The van der Waals surface area contributed by atoms with E-state index in [0.29, 0.717) is 12.2 Å². The number of amides is 2. The van der Waals surface area contributed by atoms with Crippen LogP contribution in [0.3, 0.4) is 0 Å². The molecule has 5 heteroatoms. The molecule has 1 aliphatic rings. The lowest BCUT2D eigenvalue weighted by Gasteiger charge is -2.40. The number of anilines is 2. The zero-order valence-corrected chi connectivity index (χ0v) is 13.2. The third-order valence-corrected chi connectivity index (χ3v) is 3.27. The zero-order chi connectivity index (χ0) is 15.8. The number of hydrogen-bond donors (Lipinski definition) is 0. The van der Waals surface area contributed by atoms with Crippen LogP contribution in [0.15, 0.2) is 24.3 Å². The maximum absolute atomic E-state index is 12.4. The van der Waals surface area contributed by atoms with Gasteiger partial charge in [0.1, 0.15) is 5.60 Å². The van der Waals surface area contributed by atoms with E-state index in [1.807, 2.05) is 52.0 Å². The number of hydrogen-bond acceptors (Lipinski definition) is 3. The van der Waals surface area contributed by atoms with Crippen molar-refractivity contribution in [3.05, 3.63) is 24.3 Å². The van der Waals surface area contributed by atoms with Gasteiger partial charge in [0.25, 0.3) is 0 Å². The molecule has 0 saturated carbocycles. The van der Waals surface area contributed by atoms with Crippen LogP contribution in [0.4, 0.5) is 16.2 Å². The Hall–Kier alpha value is -2.04. The first-order valence-corrected chi connectivity index (χ1v) is 7.10. The van der Waals surface area contributed by atoms with Crippen LogP contribution in [0.25, 0.3) is 0 Å². The molecule has 0 N–H and O–H groups in total. The van der Waals surface area contributed by atoms with Crippen LogP contribution >= 0.6 is 0 Å². The molecule has 0 aromatic heterocycles. The molecule has 1 atom stereocenters. The molecule has 1 aromatic rings. The van der Waals surface area contributed by atoms with E-state index in [0.717, 1.165) is 5.69 Å². The highest BCUT2D eigenvalue weighted by atomic mass is 16.6. The average Bonchev–Trinajstić information content (AvgIpc) is 2.35. The summed E-state index contributed by atoms with van der Waals surface area (Å²) in [6.45, 7) is 9.40. The molecule has 21 heavy (non-hydrogen) atoms. The second-order valence-corrected chi connectivity index (χ2v) is 6.32. The fourth-order valence-electron chi connectivity index (χ4n) is 2.55. The standard InChI is InChI=1S/C16H22N2O3/c1-11-10-17(15(20)21-16(3,4)5)13-8-6-7-9-14(13)18(11)12(2)19/h6-9,11H,10H2,1-5H3. The van der Waals surface area contributed by atoms with Crippen molar-refractivity contribution in [1.82, 2.24) is 0 Å². The highest BCUT2D eigenvalue weighted by Crippen LogP contribution is 2.36. The molecule has 0 saturated heterocycles. The lowest BCUT2D eigenvalue weighted by Crippen LogP contribution is -2.52. The topological polar surface area (TPSA) is 49.9 Å². The Balaban J connectivity index is 2.40. The molecule has 0 radical (unpaired) electrons. The van der Waals surface area contributed by atoms with Gasteiger partial charge in [0, 0.05) is 13.5 Å². The van der Waals surface area contributed by atoms with Crippen LogP contribution in [0, 0.1) is 0 Å². The first-order chi connectivity index (χ1) is 9.70. The molecule has 0 fully saturated rings. The number of ether oxygens (including phenoxy) is 1. The minimum atomic E-state index is -0.549. The average molecular weight is 290 g/mol. The third kappa shape index (κ3) is 3.17. The Bertz CT molecular complexity index is 563.